The molecule has 0 radical (unpaired) electrons. The number of rotatable bonds is 3. The van der Waals surface area contributed by atoms with Gasteiger partial charge in [-0.2, -0.15) is 0 Å². The van der Waals surface area contributed by atoms with Gasteiger partial charge in [0.2, 0.25) is 0 Å². The first-order valence-corrected chi connectivity index (χ1v) is 4.80. The molecule has 64 valence electrons. The van der Waals surface area contributed by atoms with Crippen molar-refractivity contribution in [2.75, 3.05) is 0 Å². The SMILES string of the molecule is CCC1CCCC(CC=O)C1. The summed E-state index contributed by atoms with van der Waals surface area (Å²) in [6, 6.07) is 0. The van der Waals surface area contributed by atoms with E-state index in [0.717, 1.165) is 18.6 Å². The van der Waals surface area contributed by atoms with Crippen LogP contribution in [0.5, 0.6) is 0 Å². The summed E-state index contributed by atoms with van der Waals surface area (Å²) < 4.78 is 0. The van der Waals surface area contributed by atoms with Gasteiger partial charge in [0, 0.05) is 6.42 Å². The maximum atomic E-state index is 10.3. The summed E-state index contributed by atoms with van der Waals surface area (Å²) in [6.07, 6.45) is 8.52. The molecule has 0 saturated heterocycles. The van der Waals surface area contributed by atoms with Crippen LogP contribution in [0.3, 0.4) is 0 Å². The second kappa shape index (κ2) is 4.53. The van der Waals surface area contributed by atoms with Crippen molar-refractivity contribution in [1.29, 1.82) is 0 Å². The van der Waals surface area contributed by atoms with Crippen LogP contribution in [0.15, 0.2) is 0 Å². The van der Waals surface area contributed by atoms with Gasteiger partial charge in [0.25, 0.3) is 0 Å². The Balaban J connectivity index is 2.27. The highest BCUT2D eigenvalue weighted by molar-refractivity contribution is 5.49. The summed E-state index contributed by atoms with van der Waals surface area (Å²) >= 11 is 0. The van der Waals surface area contributed by atoms with E-state index in [9.17, 15) is 4.79 Å². The molecule has 11 heavy (non-hydrogen) atoms. The zero-order valence-corrected chi connectivity index (χ0v) is 7.38. The fourth-order valence-corrected chi connectivity index (χ4v) is 2.12. The van der Waals surface area contributed by atoms with Crippen LogP contribution < -0.4 is 0 Å². The lowest BCUT2D eigenvalue weighted by atomic mass is 9.79. The third-order valence-electron chi connectivity index (χ3n) is 2.90. The van der Waals surface area contributed by atoms with E-state index in [-0.39, 0.29) is 0 Å². The lowest BCUT2D eigenvalue weighted by Gasteiger charge is -2.26. The molecular formula is C10H18O. The molecule has 1 fully saturated rings. The lowest BCUT2D eigenvalue weighted by Crippen LogP contribution is -2.15. The monoisotopic (exact) mass is 154 g/mol. The summed E-state index contributed by atoms with van der Waals surface area (Å²) in [7, 11) is 0. The molecular weight excluding hydrogens is 136 g/mol. The molecule has 0 N–H and O–H groups in total. The predicted octanol–water partition coefficient (Wildman–Crippen LogP) is 2.79. The van der Waals surface area contributed by atoms with Gasteiger partial charge < -0.3 is 4.79 Å². The number of hydrogen-bond donors (Lipinski definition) is 0. The van der Waals surface area contributed by atoms with Crippen molar-refractivity contribution in [1.82, 2.24) is 0 Å². The molecule has 2 unspecified atom stereocenters. The van der Waals surface area contributed by atoms with Crippen molar-refractivity contribution in [2.45, 2.75) is 45.4 Å². The Kier molecular flexibility index (Phi) is 3.61. The number of carbonyl (C=O) groups excluding carboxylic acids is 1. The molecule has 2 atom stereocenters. The fourth-order valence-electron chi connectivity index (χ4n) is 2.12. The van der Waals surface area contributed by atoms with E-state index in [1.807, 2.05) is 0 Å². The van der Waals surface area contributed by atoms with Crippen LogP contribution in [0.1, 0.15) is 45.4 Å². The lowest BCUT2D eigenvalue weighted by molar-refractivity contribution is -0.108. The van der Waals surface area contributed by atoms with Crippen LogP contribution in [0, 0.1) is 11.8 Å². The molecule has 0 heterocycles. The number of carbonyl (C=O) groups is 1. The normalized spacial score (nSPS) is 31.7. The van der Waals surface area contributed by atoms with E-state index in [0.29, 0.717) is 5.92 Å². The van der Waals surface area contributed by atoms with Crippen molar-refractivity contribution in [2.24, 2.45) is 11.8 Å². The number of aldehydes is 1. The summed E-state index contributed by atoms with van der Waals surface area (Å²) in [4.78, 5) is 10.3. The Hall–Kier alpha value is -0.330. The molecule has 0 spiro atoms. The van der Waals surface area contributed by atoms with E-state index in [2.05, 4.69) is 6.92 Å². The molecule has 1 heteroatoms. The molecule has 1 saturated carbocycles. The van der Waals surface area contributed by atoms with Crippen LogP contribution in [0.25, 0.3) is 0 Å². The largest absolute Gasteiger partial charge is 0.303 e. The van der Waals surface area contributed by atoms with Gasteiger partial charge in [-0.05, 0) is 18.3 Å². The van der Waals surface area contributed by atoms with Gasteiger partial charge in [-0.1, -0.05) is 32.6 Å². The van der Waals surface area contributed by atoms with E-state index >= 15 is 0 Å². The summed E-state index contributed by atoms with van der Waals surface area (Å²) in [5.74, 6) is 1.62. The Morgan fingerprint density at radius 1 is 1.36 bits per heavy atom. The summed E-state index contributed by atoms with van der Waals surface area (Å²) in [6.45, 7) is 2.26. The second-order valence-electron chi connectivity index (χ2n) is 3.71. The van der Waals surface area contributed by atoms with Crippen molar-refractivity contribution >= 4 is 6.29 Å². The average Bonchev–Trinajstić information content (AvgIpc) is 2.06. The van der Waals surface area contributed by atoms with Crippen LogP contribution in [-0.4, -0.2) is 6.29 Å². The molecule has 1 aliphatic rings. The van der Waals surface area contributed by atoms with Crippen molar-refractivity contribution in [3.63, 3.8) is 0 Å². The highest BCUT2D eigenvalue weighted by Crippen LogP contribution is 2.31. The van der Waals surface area contributed by atoms with Gasteiger partial charge in [0.15, 0.2) is 0 Å². The minimum atomic E-state index is 0.714. The Labute approximate surface area is 69.2 Å². The van der Waals surface area contributed by atoms with Gasteiger partial charge in [0.05, 0.1) is 0 Å². The topological polar surface area (TPSA) is 17.1 Å². The first-order valence-electron chi connectivity index (χ1n) is 4.80. The molecule has 0 bridgehead atoms. The van der Waals surface area contributed by atoms with E-state index in [1.54, 1.807) is 0 Å². The summed E-state index contributed by atoms with van der Waals surface area (Å²) in [5.41, 5.74) is 0. The molecule has 1 aliphatic carbocycles. The van der Waals surface area contributed by atoms with Crippen LogP contribution in [0.4, 0.5) is 0 Å². The molecule has 0 amide bonds. The Morgan fingerprint density at radius 2 is 2.09 bits per heavy atom. The summed E-state index contributed by atoms with van der Waals surface area (Å²) in [5, 5.41) is 0. The molecule has 0 aromatic heterocycles. The van der Waals surface area contributed by atoms with Crippen LogP contribution >= 0.6 is 0 Å². The van der Waals surface area contributed by atoms with Gasteiger partial charge in [-0.25, -0.2) is 0 Å². The second-order valence-corrected chi connectivity index (χ2v) is 3.71. The molecule has 0 aliphatic heterocycles. The standard InChI is InChI=1S/C10H18O/c1-2-9-4-3-5-10(8-9)6-7-11/h7,9-10H,2-6,8H2,1H3. The Morgan fingerprint density at radius 3 is 2.73 bits per heavy atom. The van der Waals surface area contributed by atoms with Crippen LogP contribution in [0.2, 0.25) is 0 Å². The first kappa shape index (κ1) is 8.76. The van der Waals surface area contributed by atoms with E-state index in [1.165, 1.54) is 32.1 Å². The first-order chi connectivity index (χ1) is 5.36. The van der Waals surface area contributed by atoms with E-state index in [4.69, 9.17) is 0 Å². The maximum Gasteiger partial charge on any atom is 0.120 e. The molecule has 0 aromatic carbocycles. The highest BCUT2D eigenvalue weighted by Gasteiger charge is 2.19. The smallest absolute Gasteiger partial charge is 0.120 e. The quantitative estimate of drug-likeness (QED) is 0.571. The zero-order chi connectivity index (χ0) is 8.10. The third-order valence-corrected chi connectivity index (χ3v) is 2.90. The average molecular weight is 154 g/mol. The van der Waals surface area contributed by atoms with Gasteiger partial charge in [-0.15, -0.1) is 0 Å². The fraction of sp³-hybridized carbons (Fsp3) is 0.900. The van der Waals surface area contributed by atoms with E-state index < -0.39 is 0 Å². The minimum Gasteiger partial charge on any atom is -0.303 e. The van der Waals surface area contributed by atoms with Crippen molar-refractivity contribution < 1.29 is 4.79 Å². The van der Waals surface area contributed by atoms with Crippen LogP contribution in [-0.2, 0) is 4.79 Å². The van der Waals surface area contributed by atoms with Gasteiger partial charge in [-0.3, -0.25) is 0 Å². The molecule has 0 aromatic rings. The minimum absolute atomic E-state index is 0.714. The molecule has 1 rings (SSSR count). The van der Waals surface area contributed by atoms with Gasteiger partial charge in [0.1, 0.15) is 6.29 Å². The van der Waals surface area contributed by atoms with Crippen molar-refractivity contribution in [3.8, 4) is 0 Å². The maximum absolute atomic E-state index is 10.3. The highest BCUT2D eigenvalue weighted by atomic mass is 16.1. The Bertz CT molecular complexity index is 120. The zero-order valence-electron chi connectivity index (χ0n) is 7.38. The van der Waals surface area contributed by atoms with Gasteiger partial charge >= 0.3 is 0 Å². The third kappa shape index (κ3) is 2.64. The molecule has 1 nitrogen and oxygen atoms in total. The number of hydrogen-bond acceptors (Lipinski definition) is 1. The van der Waals surface area contributed by atoms with Crippen molar-refractivity contribution in [3.05, 3.63) is 0 Å². The predicted molar refractivity (Wildman–Crippen MR) is 46.4 cm³/mol.